The predicted molar refractivity (Wildman–Crippen MR) is 63.3 cm³/mol. The second kappa shape index (κ2) is 5.78. The van der Waals surface area contributed by atoms with Gasteiger partial charge in [0.2, 0.25) is 0 Å². The minimum atomic E-state index is 0.172. The van der Waals surface area contributed by atoms with E-state index in [0.29, 0.717) is 11.8 Å². The van der Waals surface area contributed by atoms with E-state index in [0.717, 1.165) is 38.6 Å². The van der Waals surface area contributed by atoms with Gasteiger partial charge < -0.3 is 5.11 Å². The molecule has 2 aliphatic rings. The molecule has 3 nitrogen and oxygen atoms in total. The molecule has 0 amide bonds. The zero-order valence-corrected chi connectivity index (χ0v) is 10.0. The molecule has 2 unspecified atom stereocenters. The fourth-order valence-corrected chi connectivity index (χ4v) is 3.21. The van der Waals surface area contributed by atoms with Crippen molar-refractivity contribution in [3.8, 4) is 0 Å². The third kappa shape index (κ3) is 2.64. The molecule has 1 aliphatic heterocycles. The Kier molecular flexibility index (Phi) is 4.36. The lowest BCUT2D eigenvalue weighted by atomic mass is 9.88. The molecular weight excluding hydrogens is 202 g/mol. The Morgan fingerprint density at radius 1 is 1.19 bits per heavy atom. The number of ketones is 1. The zero-order valence-electron chi connectivity index (χ0n) is 10.0. The second-order valence-electron chi connectivity index (χ2n) is 5.13. The van der Waals surface area contributed by atoms with Crippen molar-refractivity contribution in [1.29, 1.82) is 0 Å². The van der Waals surface area contributed by atoms with Crippen molar-refractivity contribution < 1.29 is 9.90 Å². The van der Waals surface area contributed by atoms with Crippen molar-refractivity contribution in [2.24, 2.45) is 0 Å². The van der Waals surface area contributed by atoms with E-state index >= 15 is 0 Å². The summed E-state index contributed by atoms with van der Waals surface area (Å²) in [6.45, 7) is 1.31. The molecule has 3 heteroatoms. The summed E-state index contributed by atoms with van der Waals surface area (Å²) >= 11 is 0. The van der Waals surface area contributed by atoms with Crippen LogP contribution in [-0.4, -0.2) is 41.0 Å². The first-order chi connectivity index (χ1) is 7.83. The number of hydrogen-bond acceptors (Lipinski definition) is 3. The molecule has 1 heterocycles. The third-order valence-corrected chi connectivity index (χ3v) is 4.06. The van der Waals surface area contributed by atoms with Crippen LogP contribution in [0.3, 0.4) is 0 Å². The van der Waals surface area contributed by atoms with Crippen LogP contribution in [0.4, 0.5) is 0 Å². The standard InChI is InChI=1S/C13H23NO2/c15-10-8-11-5-3-4-9-14(11)12-6-1-2-7-13(12)16/h11-12,15H,1-10H2. The summed E-state index contributed by atoms with van der Waals surface area (Å²) in [7, 11) is 0. The van der Waals surface area contributed by atoms with E-state index in [1.54, 1.807) is 0 Å². The van der Waals surface area contributed by atoms with Gasteiger partial charge in [-0.25, -0.2) is 0 Å². The van der Waals surface area contributed by atoms with Gasteiger partial charge in [-0.3, -0.25) is 9.69 Å². The molecule has 0 aromatic heterocycles. The van der Waals surface area contributed by atoms with Crippen molar-refractivity contribution in [2.75, 3.05) is 13.2 Å². The van der Waals surface area contributed by atoms with E-state index in [9.17, 15) is 4.79 Å². The van der Waals surface area contributed by atoms with Crippen LogP contribution in [0, 0.1) is 0 Å². The minimum absolute atomic E-state index is 0.172. The number of aliphatic hydroxyl groups excluding tert-OH is 1. The Hall–Kier alpha value is -0.410. The number of aliphatic hydroxyl groups is 1. The molecule has 1 aliphatic carbocycles. The molecule has 16 heavy (non-hydrogen) atoms. The molecule has 0 bridgehead atoms. The molecule has 2 rings (SSSR count). The SMILES string of the molecule is O=C1CCCCC1N1CCCCC1CCO. The van der Waals surface area contributed by atoms with Crippen molar-refractivity contribution >= 4 is 5.78 Å². The number of hydrogen-bond donors (Lipinski definition) is 1. The predicted octanol–water partition coefficient (Wildman–Crippen LogP) is 1.73. The van der Waals surface area contributed by atoms with Crippen LogP contribution in [0.15, 0.2) is 0 Å². The highest BCUT2D eigenvalue weighted by atomic mass is 16.3. The maximum atomic E-state index is 11.9. The van der Waals surface area contributed by atoms with Gasteiger partial charge in [0, 0.05) is 19.1 Å². The minimum Gasteiger partial charge on any atom is -0.396 e. The Bertz CT molecular complexity index is 240. The number of Topliss-reactive ketones (excluding diaryl/α,β-unsaturated/α-hetero) is 1. The van der Waals surface area contributed by atoms with Gasteiger partial charge in [0.25, 0.3) is 0 Å². The smallest absolute Gasteiger partial charge is 0.149 e. The molecule has 0 aromatic rings. The van der Waals surface area contributed by atoms with Crippen LogP contribution >= 0.6 is 0 Å². The van der Waals surface area contributed by atoms with Crippen molar-refractivity contribution in [3.05, 3.63) is 0 Å². The summed E-state index contributed by atoms with van der Waals surface area (Å²) in [6.07, 6.45) is 8.54. The quantitative estimate of drug-likeness (QED) is 0.795. The fraction of sp³-hybridized carbons (Fsp3) is 0.923. The Balaban J connectivity index is 2.00. The molecule has 1 saturated carbocycles. The zero-order chi connectivity index (χ0) is 11.4. The van der Waals surface area contributed by atoms with Gasteiger partial charge in [-0.05, 0) is 38.6 Å². The van der Waals surface area contributed by atoms with E-state index in [2.05, 4.69) is 4.90 Å². The Labute approximate surface area is 97.8 Å². The van der Waals surface area contributed by atoms with Crippen LogP contribution in [0.2, 0.25) is 0 Å². The molecule has 2 atom stereocenters. The average Bonchev–Trinajstić information content (AvgIpc) is 2.31. The summed E-state index contributed by atoms with van der Waals surface area (Å²) in [5, 5.41) is 9.09. The number of carbonyl (C=O) groups excluding carboxylic acids is 1. The first kappa shape index (κ1) is 12.1. The molecular formula is C13H23NO2. The molecule has 0 radical (unpaired) electrons. The van der Waals surface area contributed by atoms with E-state index < -0.39 is 0 Å². The first-order valence-corrected chi connectivity index (χ1v) is 6.72. The molecule has 1 N–H and O–H groups in total. The molecule has 0 aromatic carbocycles. The maximum absolute atomic E-state index is 11.9. The molecule has 0 spiro atoms. The van der Waals surface area contributed by atoms with Crippen LogP contribution < -0.4 is 0 Å². The van der Waals surface area contributed by atoms with Crippen molar-refractivity contribution in [2.45, 2.75) is 63.5 Å². The van der Waals surface area contributed by atoms with Crippen LogP contribution in [0.1, 0.15) is 51.4 Å². The maximum Gasteiger partial charge on any atom is 0.149 e. The number of carbonyl (C=O) groups is 1. The topological polar surface area (TPSA) is 40.5 Å². The lowest BCUT2D eigenvalue weighted by molar-refractivity contribution is -0.128. The number of rotatable bonds is 3. The fourth-order valence-electron chi connectivity index (χ4n) is 3.21. The van der Waals surface area contributed by atoms with Gasteiger partial charge in [0.05, 0.1) is 6.04 Å². The van der Waals surface area contributed by atoms with Gasteiger partial charge >= 0.3 is 0 Å². The van der Waals surface area contributed by atoms with E-state index in [-0.39, 0.29) is 12.6 Å². The lowest BCUT2D eigenvalue weighted by Gasteiger charge is -2.41. The van der Waals surface area contributed by atoms with Crippen molar-refractivity contribution in [3.63, 3.8) is 0 Å². The van der Waals surface area contributed by atoms with Gasteiger partial charge in [-0.15, -0.1) is 0 Å². The summed E-state index contributed by atoms with van der Waals surface area (Å²) in [5.74, 6) is 0.441. The summed E-state index contributed by atoms with van der Waals surface area (Å²) in [4.78, 5) is 14.3. The van der Waals surface area contributed by atoms with Crippen LogP contribution in [0.25, 0.3) is 0 Å². The summed E-state index contributed by atoms with van der Waals surface area (Å²) in [5.41, 5.74) is 0. The average molecular weight is 225 g/mol. The number of piperidine rings is 1. The molecule has 92 valence electrons. The highest BCUT2D eigenvalue weighted by Crippen LogP contribution is 2.27. The Morgan fingerprint density at radius 3 is 2.75 bits per heavy atom. The molecule has 2 fully saturated rings. The highest BCUT2D eigenvalue weighted by Gasteiger charge is 2.33. The normalized spacial score (nSPS) is 32.9. The van der Waals surface area contributed by atoms with E-state index in [4.69, 9.17) is 5.11 Å². The third-order valence-electron chi connectivity index (χ3n) is 4.06. The monoisotopic (exact) mass is 225 g/mol. The van der Waals surface area contributed by atoms with Crippen LogP contribution in [0.5, 0.6) is 0 Å². The first-order valence-electron chi connectivity index (χ1n) is 6.72. The summed E-state index contributed by atoms with van der Waals surface area (Å²) in [6, 6.07) is 0.622. The largest absolute Gasteiger partial charge is 0.396 e. The van der Waals surface area contributed by atoms with E-state index in [1.807, 2.05) is 0 Å². The molecule has 1 saturated heterocycles. The number of likely N-dealkylation sites (tertiary alicyclic amines) is 1. The van der Waals surface area contributed by atoms with Gasteiger partial charge in [0.1, 0.15) is 5.78 Å². The number of nitrogens with zero attached hydrogens (tertiary/aromatic N) is 1. The van der Waals surface area contributed by atoms with Gasteiger partial charge in [0.15, 0.2) is 0 Å². The van der Waals surface area contributed by atoms with Gasteiger partial charge in [-0.2, -0.15) is 0 Å². The second-order valence-corrected chi connectivity index (χ2v) is 5.13. The van der Waals surface area contributed by atoms with Crippen molar-refractivity contribution in [1.82, 2.24) is 4.90 Å². The lowest BCUT2D eigenvalue weighted by Crippen LogP contribution is -2.51. The van der Waals surface area contributed by atoms with Crippen LogP contribution in [-0.2, 0) is 4.79 Å². The highest BCUT2D eigenvalue weighted by molar-refractivity contribution is 5.84. The summed E-state index contributed by atoms with van der Waals surface area (Å²) < 4.78 is 0. The van der Waals surface area contributed by atoms with Gasteiger partial charge in [-0.1, -0.05) is 12.8 Å². The Morgan fingerprint density at radius 2 is 2.00 bits per heavy atom. The van der Waals surface area contributed by atoms with E-state index in [1.165, 1.54) is 19.3 Å².